The van der Waals surface area contributed by atoms with Crippen molar-refractivity contribution in [1.29, 1.82) is 0 Å². The summed E-state index contributed by atoms with van der Waals surface area (Å²) in [5, 5.41) is 4.41. The fourth-order valence-electron chi connectivity index (χ4n) is 1.77. The van der Waals surface area contributed by atoms with Crippen LogP contribution >= 0.6 is 0 Å². The van der Waals surface area contributed by atoms with E-state index in [2.05, 4.69) is 30.7 Å². The molecule has 2 rings (SSSR count). The van der Waals surface area contributed by atoms with Crippen LogP contribution in [0.15, 0.2) is 48.7 Å². The molecule has 0 bridgehead atoms. The molecule has 2 aromatic rings. The van der Waals surface area contributed by atoms with Crippen LogP contribution in [0.2, 0.25) is 0 Å². The molecule has 0 radical (unpaired) electrons. The van der Waals surface area contributed by atoms with Gasteiger partial charge in [-0.05, 0) is 17.7 Å². The van der Waals surface area contributed by atoms with Crippen LogP contribution in [0.25, 0.3) is 10.9 Å². The van der Waals surface area contributed by atoms with Gasteiger partial charge in [-0.1, -0.05) is 38.6 Å². The SMILES string of the molecule is C=C(CNC(C)C)COc1cccc2cccnc12. The first-order chi connectivity index (χ1) is 9.16. The smallest absolute Gasteiger partial charge is 0.146 e. The van der Waals surface area contributed by atoms with E-state index in [0.717, 1.165) is 28.8 Å². The first-order valence-corrected chi connectivity index (χ1v) is 6.53. The fourth-order valence-corrected chi connectivity index (χ4v) is 1.77. The van der Waals surface area contributed by atoms with Crippen molar-refractivity contribution in [2.24, 2.45) is 0 Å². The van der Waals surface area contributed by atoms with Gasteiger partial charge in [-0.15, -0.1) is 0 Å². The number of ether oxygens (including phenoxy) is 1. The van der Waals surface area contributed by atoms with Crippen molar-refractivity contribution in [2.75, 3.05) is 13.2 Å². The first-order valence-electron chi connectivity index (χ1n) is 6.53. The van der Waals surface area contributed by atoms with Crippen LogP contribution < -0.4 is 10.1 Å². The molecular weight excluding hydrogens is 236 g/mol. The lowest BCUT2D eigenvalue weighted by Gasteiger charge is -2.12. The van der Waals surface area contributed by atoms with Crippen molar-refractivity contribution < 1.29 is 4.74 Å². The van der Waals surface area contributed by atoms with Gasteiger partial charge in [0.2, 0.25) is 0 Å². The number of rotatable bonds is 6. The van der Waals surface area contributed by atoms with E-state index in [1.54, 1.807) is 6.20 Å². The minimum atomic E-state index is 0.455. The largest absolute Gasteiger partial charge is 0.487 e. The first kappa shape index (κ1) is 13.6. The van der Waals surface area contributed by atoms with Gasteiger partial charge in [0.25, 0.3) is 0 Å². The number of para-hydroxylation sites is 1. The Morgan fingerprint density at radius 2 is 2.11 bits per heavy atom. The van der Waals surface area contributed by atoms with Crippen molar-refractivity contribution in [2.45, 2.75) is 19.9 Å². The highest BCUT2D eigenvalue weighted by Crippen LogP contribution is 2.23. The molecule has 0 saturated heterocycles. The van der Waals surface area contributed by atoms with Crippen LogP contribution in [0.1, 0.15) is 13.8 Å². The van der Waals surface area contributed by atoms with E-state index in [1.165, 1.54) is 0 Å². The molecule has 0 aliphatic rings. The molecule has 0 atom stereocenters. The normalized spacial score (nSPS) is 10.9. The second-order valence-electron chi connectivity index (χ2n) is 4.91. The summed E-state index contributed by atoms with van der Waals surface area (Å²) in [6.07, 6.45) is 1.78. The summed E-state index contributed by atoms with van der Waals surface area (Å²) in [5.41, 5.74) is 1.93. The summed E-state index contributed by atoms with van der Waals surface area (Å²) in [4.78, 5) is 4.36. The van der Waals surface area contributed by atoms with Gasteiger partial charge in [-0.3, -0.25) is 4.98 Å². The lowest BCUT2D eigenvalue weighted by Crippen LogP contribution is -2.26. The molecular formula is C16H20N2O. The molecule has 0 saturated carbocycles. The van der Waals surface area contributed by atoms with Crippen LogP contribution in [0.4, 0.5) is 0 Å². The van der Waals surface area contributed by atoms with Gasteiger partial charge in [0.05, 0.1) is 0 Å². The third-order valence-electron chi connectivity index (χ3n) is 2.79. The zero-order chi connectivity index (χ0) is 13.7. The van der Waals surface area contributed by atoms with Gasteiger partial charge in [0.15, 0.2) is 0 Å². The van der Waals surface area contributed by atoms with Gasteiger partial charge < -0.3 is 10.1 Å². The average Bonchev–Trinajstić information content (AvgIpc) is 2.42. The van der Waals surface area contributed by atoms with Crippen LogP contribution in [0, 0.1) is 0 Å². The van der Waals surface area contributed by atoms with Crippen molar-refractivity contribution in [3.8, 4) is 5.75 Å². The van der Waals surface area contributed by atoms with E-state index < -0.39 is 0 Å². The van der Waals surface area contributed by atoms with Crippen LogP contribution in [-0.2, 0) is 0 Å². The van der Waals surface area contributed by atoms with Gasteiger partial charge in [-0.25, -0.2) is 0 Å². The molecule has 1 aromatic carbocycles. The highest BCUT2D eigenvalue weighted by molar-refractivity contribution is 5.84. The lowest BCUT2D eigenvalue weighted by molar-refractivity contribution is 0.350. The van der Waals surface area contributed by atoms with E-state index in [9.17, 15) is 0 Å². The highest BCUT2D eigenvalue weighted by atomic mass is 16.5. The van der Waals surface area contributed by atoms with Gasteiger partial charge >= 0.3 is 0 Å². The van der Waals surface area contributed by atoms with Crippen molar-refractivity contribution in [3.63, 3.8) is 0 Å². The van der Waals surface area contributed by atoms with E-state index in [1.807, 2.05) is 30.3 Å². The van der Waals surface area contributed by atoms with Gasteiger partial charge in [-0.2, -0.15) is 0 Å². The number of hydrogen-bond acceptors (Lipinski definition) is 3. The van der Waals surface area contributed by atoms with Crippen molar-refractivity contribution in [3.05, 3.63) is 48.7 Å². The molecule has 19 heavy (non-hydrogen) atoms. The molecule has 3 heteroatoms. The predicted octanol–water partition coefficient (Wildman–Crippen LogP) is 3.17. The molecule has 1 heterocycles. The minimum Gasteiger partial charge on any atom is -0.487 e. The van der Waals surface area contributed by atoms with Crippen molar-refractivity contribution in [1.82, 2.24) is 10.3 Å². The second kappa shape index (κ2) is 6.34. The van der Waals surface area contributed by atoms with E-state index >= 15 is 0 Å². The Balaban J connectivity index is 2.00. The number of fused-ring (bicyclic) bond motifs is 1. The van der Waals surface area contributed by atoms with Crippen LogP contribution in [-0.4, -0.2) is 24.2 Å². The maximum atomic E-state index is 5.81. The summed E-state index contributed by atoms with van der Waals surface area (Å²) in [6, 6.07) is 10.4. The Morgan fingerprint density at radius 1 is 1.32 bits per heavy atom. The summed E-state index contributed by atoms with van der Waals surface area (Å²) < 4.78 is 5.81. The third kappa shape index (κ3) is 3.80. The zero-order valence-electron chi connectivity index (χ0n) is 11.5. The lowest BCUT2D eigenvalue weighted by atomic mass is 10.2. The quantitative estimate of drug-likeness (QED) is 0.806. The van der Waals surface area contributed by atoms with Gasteiger partial charge in [0, 0.05) is 24.2 Å². The van der Waals surface area contributed by atoms with Crippen LogP contribution in [0.3, 0.4) is 0 Å². The Kier molecular flexibility index (Phi) is 4.53. The highest BCUT2D eigenvalue weighted by Gasteiger charge is 2.03. The Hall–Kier alpha value is -1.87. The minimum absolute atomic E-state index is 0.455. The topological polar surface area (TPSA) is 34.1 Å². The molecule has 1 aromatic heterocycles. The number of nitrogens with one attached hydrogen (secondary N) is 1. The molecule has 0 amide bonds. The van der Waals surface area contributed by atoms with Gasteiger partial charge in [0.1, 0.15) is 17.9 Å². The van der Waals surface area contributed by atoms with Crippen LogP contribution in [0.5, 0.6) is 5.75 Å². The van der Waals surface area contributed by atoms with E-state index in [4.69, 9.17) is 4.74 Å². The number of benzene rings is 1. The number of hydrogen-bond donors (Lipinski definition) is 1. The summed E-state index contributed by atoms with van der Waals surface area (Å²) in [7, 11) is 0. The number of nitrogens with zero attached hydrogens (tertiary/aromatic N) is 1. The molecule has 0 fully saturated rings. The molecule has 0 unspecified atom stereocenters. The number of pyridine rings is 1. The maximum absolute atomic E-state index is 5.81. The Labute approximate surface area is 114 Å². The molecule has 0 spiro atoms. The number of aromatic nitrogens is 1. The monoisotopic (exact) mass is 256 g/mol. The van der Waals surface area contributed by atoms with E-state index in [-0.39, 0.29) is 0 Å². The molecule has 3 nitrogen and oxygen atoms in total. The summed E-state index contributed by atoms with van der Waals surface area (Å²) in [5.74, 6) is 0.809. The zero-order valence-corrected chi connectivity index (χ0v) is 11.5. The Morgan fingerprint density at radius 3 is 2.89 bits per heavy atom. The average molecular weight is 256 g/mol. The predicted molar refractivity (Wildman–Crippen MR) is 79.5 cm³/mol. The third-order valence-corrected chi connectivity index (χ3v) is 2.79. The summed E-state index contributed by atoms with van der Waals surface area (Å²) in [6.45, 7) is 9.52. The second-order valence-corrected chi connectivity index (χ2v) is 4.91. The standard InChI is InChI=1S/C16H20N2O/c1-12(2)18-10-13(3)11-19-15-8-4-6-14-7-5-9-17-16(14)15/h4-9,12,18H,3,10-11H2,1-2H3. The molecule has 100 valence electrons. The van der Waals surface area contributed by atoms with Crippen molar-refractivity contribution >= 4 is 10.9 Å². The van der Waals surface area contributed by atoms with E-state index in [0.29, 0.717) is 12.6 Å². The fraction of sp³-hybridized carbons (Fsp3) is 0.312. The molecule has 1 N–H and O–H groups in total. The maximum Gasteiger partial charge on any atom is 0.146 e. The Bertz CT molecular complexity index is 558. The molecule has 0 aliphatic carbocycles. The molecule has 0 aliphatic heterocycles. The summed E-state index contributed by atoms with van der Waals surface area (Å²) >= 11 is 0.